The number of halogens is 2. The third-order valence-electron chi connectivity index (χ3n) is 4.97. The number of benzene rings is 2. The van der Waals surface area contributed by atoms with E-state index in [0.29, 0.717) is 21.4 Å². The van der Waals surface area contributed by atoms with Crippen LogP contribution in [-0.4, -0.2) is 42.3 Å². The zero-order chi connectivity index (χ0) is 20.8. The number of rotatable bonds is 7. The maximum absolute atomic E-state index is 12.2. The quantitative estimate of drug-likeness (QED) is 0.657. The van der Waals surface area contributed by atoms with Gasteiger partial charge < -0.3 is 10.1 Å². The first-order valence-corrected chi connectivity index (χ1v) is 10.4. The maximum atomic E-state index is 12.2. The molecule has 2 aromatic carbocycles. The summed E-state index contributed by atoms with van der Waals surface area (Å²) in [6.45, 7) is 4.09. The van der Waals surface area contributed by atoms with Crippen LogP contribution < -0.4 is 10.1 Å². The van der Waals surface area contributed by atoms with Crippen molar-refractivity contribution < 1.29 is 14.3 Å². The van der Waals surface area contributed by atoms with Gasteiger partial charge in [0.25, 0.3) is 5.91 Å². The third-order valence-corrected chi connectivity index (χ3v) is 5.71. The Balaban J connectivity index is 1.39. The van der Waals surface area contributed by atoms with E-state index < -0.39 is 0 Å². The topological polar surface area (TPSA) is 58.6 Å². The molecule has 1 fully saturated rings. The molecule has 2 aromatic rings. The van der Waals surface area contributed by atoms with Gasteiger partial charge in [-0.2, -0.15) is 0 Å². The molecule has 0 atom stereocenters. The van der Waals surface area contributed by atoms with Crippen molar-refractivity contribution in [3.8, 4) is 5.75 Å². The highest BCUT2D eigenvalue weighted by molar-refractivity contribution is 6.42. The molecule has 0 aromatic heterocycles. The molecule has 1 heterocycles. The molecular formula is C22H24Cl2N2O3. The van der Waals surface area contributed by atoms with Crippen molar-refractivity contribution in [2.24, 2.45) is 0 Å². The predicted molar refractivity (Wildman–Crippen MR) is 115 cm³/mol. The van der Waals surface area contributed by atoms with E-state index in [-0.39, 0.29) is 24.3 Å². The van der Waals surface area contributed by atoms with Crippen molar-refractivity contribution in [2.75, 3.05) is 19.7 Å². The van der Waals surface area contributed by atoms with Crippen molar-refractivity contribution in [2.45, 2.75) is 32.4 Å². The van der Waals surface area contributed by atoms with Crippen molar-refractivity contribution >= 4 is 34.9 Å². The van der Waals surface area contributed by atoms with Gasteiger partial charge in [-0.15, -0.1) is 0 Å². The van der Waals surface area contributed by atoms with Crippen LogP contribution in [0.25, 0.3) is 0 Å². The van der Waals surface area contributed by atoms with E-state index in [1.807, 2.05) is 18.2 Å². The average Bonchev–Trinajstić information content (AvgIpc) is 2.71. The van der Waals surface area contributed by atoms with Crippen LogP contribution in [-0.2, 0) is 11.3 Å². The Bertz CT molecular complexity index is 863. The van der Waals surface area contributed by atoms with Crippen LogP contribution in [0.15, 0.2) is 42.5 Å². The highest BCUT2D eigenvalue weighted by atomic mass is 35.5. The number of Topliss-reactive ketones (excluding diaryl/α,β-unsaturated/α-hetero) is 1. The minimum atomic E-state index is -0.136. The molecule has 0 bridgehead atoms. The molecule has 29 heavy (non-hydrogen) atoms. The van der Waals surface area contributed by atoms with Gasteiger partial charge in [-0.05, 0) is 61.7 Å². The van der Waals surface area contributed by atoms with Gasteiger partial charge in [-0.1, -0.05) is 29.3 Å². The van der Waals surface area contributed by atoms with Crippen LogP contribution in [0.5, 0.6) is 5.75 Å². The molecule has 0 unspecified atom stereocenters. The largest absolute Gasteiger partial charge is 0.484 e. The molecular weight excluding hydrogens is 411 g/mol. The van der Waals surface area contributed by atoms with Crippen molar-refractivity contribution in [1.29, 1.82) is 0 Å². The molecule has 7 heteroatoms. The number of carbonyl (C=O) groups is 2. The zero-order valence-corrected chi connectivity index (χ0v) is 17.8. The lowest BCUT2D eigenvalue weighted by Crippen LogP contribution is -2.45. The fourth-order valence-electron chi connectivity index (χ4n) is 3.34. The second kappa shape index (κ2) is 10.1. The Hall–Kier alpha value is -2.08. The highest BCUT2D eigenvalue weighted by Crippen LogP contribution is 2.24. The first-order valence-electron chi connectivity index (χ1n) is 9.60. The minimum Gasteiger partial charge on any atom is -0.484 e. The van der Waals surface area contributed by atoms with Gasteiger partial charge >= 0.3 is 0 Å². The summed E-state index contributed by atoms with van der Waals surface area (Å²) in [6.07, 6.45) is 1.78. The second-order valence-electron chi connectivity index (χ2n) is 7.24. The zero-order valence-electron chi connectivity index (χ0n) is 16.3. The Labute approximate surface area is 180 Å². The van der Waals surface area contributed by atoms with Gasteiger partial charge in [0.1, 0.15) is 5.75 Å². The molecule has 3 rings (SSSR count). The van der Waals surface area contributed by atoms with Gasteiger partial charge in [0.05, 0.1) is 10.0 Å². The Morgan fingerprint density at radius 1 is 1.07 bits per heavy atom. The summed E-state index contributed by atoms with van der Waals surface area (Å²) >= 11 is 12.0. The molecule has 1 saturated heterocycles. The Morgan fingerprint density at radius 2 is 1.76 bits per heavy atom. The monoisotopic (exact) mass is 434 g/mol. The smallest absolute Gasteiger partial charge is 0.258 e. The summed E-state index contributed by atoms with van der Waals surface area (Å²) in [5.74, 6) is 0.435. The lowest BCUT2D eigenvalue weighted by Gasteiger charge is -2.32. The number of ether oxygens (including phenoxy) is 1. The number of hydrogen-bond acceptors (Lipinski definition) is 4. The number of carbonyl (C=O) groups excluding carboxylic acids is 2. The SMILES string of the molecule is CC(=O)c1ccc(OCC(=O)NC2CCN(Cc3ccc(Cl)c(Cl)c3)CC2)cc1. The summed E-state index contributed by atoms with van der Waals surface area (Å²) in [7, 11) is 0. The Kier molecular flexibility index (Phi) is 7.53. The standard InChI is InChI=1S/C22H24Cl2N2O3/c1-15(27)17-3-5-19(6-4-17)29-14-22(28)25-18-8-10-26(11-9-18)13-16-2-7-20(23)21(24)12-16/h2-7,12,18H,8-11,13-14H2,1H3,(H,25,28). The van der Waals surface area contributed by atoms with E-state index in [0.717, 1.165) is 38.0 Å². The minimum absolute atomic E-state index is 0.000190. The number of nitrogens with one attached hydrogen (secondary N) is 1. The first-order chi connectivity index (χ1) is 13.9. The molecule has 154 valence electrons. The number of nitrogens with zero attached hydrogens (tertiary/aromatic N) is 1. The number of hydrogen-bond donors (Lipinski definition) is 1. The van der Waals surface area contributed by atoms with E-state index >= 15 is 0 Å². The maximum Gasteiger partial charge on any atom is 0.258 e. The number of amides is 1. The van der Waals surface area contributed by atoms with E-state index in [9.17, 15) is 9.59 Å². The summed E-state index contributed by atoms with van der Waals surface area (Å²) in [6, 6.07) is 12.6. The van der Waals surface area contributed by atoms with Gasteiger partial charge in [0, 0.05) is 31.2 Å². The molecule has 0 radical (unpaired) electrons. The van der Waals surface area contributed by atoms with Crippen LogP contribution in [0.1, 0.15) is 35.7 Å². The van der Waals surface area contributed by atoms with Gasteiger partial charge in [0.15, 0.2) is 12.4 Å². The van der Waals surface area contributed by atoms with E-state index in [4.69, 9.17) is 27.9 Å². The van der Waals surface area contributed by atoms with Crippen LogP contribution in [0, 0.1) is 0 Å². The van der Waals surface area contributed by atoms with Crippen molar-refractivity contribution in [3.05, 3.63) is 63.6 Å². The fraction of sp³-hybridized carbons (Fsp3) is 0.364. The molecule has 1 N–H and O–H groups in total. The molecule has 1 aliphatic heterocycles. The summed E-state index contributed by atoms with van der Waals surface area (Å²) in [5.41, 5.74) is 1.75. The van der Waals surface area contributed by atoms with Gasteiger partial charge in [0.2, 0.25) is 0 Å². The van der Waals surface area contributed by atoms with E-state index in [1.54, 1.807) is 24.3 Å². The first kappa shape index (κ1) is 21.6. The summed E-state index contributed by atoms with van der Waals surface area (Å²) in [4.78, 5) is 25.8. The molecule has 5 nitrogen and oxygen atoms in total. The molecule has 0 saturated carbocycles. The second-order valence-corrected chi connectivity index (χ2v) is 8.05. The van der Waals surface area contributed by atoms with Crippen molar-refractivity contribution in [1.82, 2.24) is 10.2 Å². The fourth-order valence-corrected chi connectivity index (χ4v) is 3.66. The van der Waals surface area contributed by atoms with Crippen LogP contribution in [0.2, 0.25) is 10.0 Å². The lowest BCUT2D eigenvalue weighted by molar-refractivity contribution is -0.124. The number of ketones is 1. The number of piperidine rings is 1. The molecule has 0 aliphatic carbocycles. The summed E-state index contributed by atoms with van der Waals surface area (Å²) < 4.78 is 5.51. The van der Waals surface area contributed by atoms with E-state index in [1.165, 1.54) is 6.92 Å². The predicted octanol–water partition coefficient (Wildman–Crippen LogP) is 4.36. The number of likely N-dealkylation sites (tertiary alicyclic amines) is 1. The van der Waals surface area contributed by atoms with E-state index in [2.05, 4.69) is 10.2 Å². The van der Waals surface area contributed by atoms with Crippen molar-refractivity contribution in [3.63, 3.8) is 0 Å². The summed E-state index contributed by atoms with van der Waals surface area (Å²) in [5, 5.41) is 4.17. The molecule has 1 aliphatic rings. The average molecular weight is 435 g/mol. The normalized spacial score (nSPS) is 15.1. The molecule has 1 amide bonds. The van der Waals surface area contributed by atoms with Crippen LogP contribution >= 0.6 is 23.2 Å². The van der Waals surface area contributed by atoms with Gasteiger partial charge in [-0.3, -0.25) is 14.5 Å². The third kappa shape index (κ3) is 6.46. The van der Waals surface area contributed by atoms with Crippen LogP contribution in [0.4, 0.5) is 0 Å². The van der Waals surface area contributed by atoms with Gasteiger partial charge in [-0.25, -0.2) is 0 Å². The van der Waals surface area contributed by atoms with Crippen LogP contribution in [0.3, 0.4) is 0 Å². The Morgan fingerprint density at radius 3 is 2.38 bits per heavy atom. The lowest BCUT2D eigenvalue weighted by atomic mass is 10.0. The highest BCUT2D eigenvalue weighted by Gasteiger charge is 2.21. The molecule has 0 spiro atoms.